The van der Waals surface area contributed by atoms with Crippen molar-refractivity contribution < 1.29 is 19.1 Å². The lowest BCUT2D eigenvalue weighted by atomic mass is 9.93. The van der Waals surface area contributed by atoms with Crippen molar-refractivity contribution in [3.05, 3.63) is 35.4 Å². The molecule has 6 nitrogen and oxygen atoms in total. The molecule has 3 fully saturated rings. The third-order valence-electron chi connectivity index (χ3n) is 6.15. The van der Waals surface area contributed by atoms with Crippen LogP contribution in [0.3, 0.4) is 0 Å². The summed E-state index contributed by atoms with van der Waals surface area (Å²) in [7, 11) is 0. The van der Waals surface area contributed by atoms with Gasteiger partial charge >= 0.3 is 0 Å². The van der Waals surface area contributed by atoms with E-state index in [1.54, 1.807) is 0 Å². The van der Waals surface area contributed by atoms with Crippen molar-refractivity contribution in [1.82, 2.24) is 9.80 Å². The van der Waals surface area contributed by atoms with Gasteiger partial charge in [-0.15, -0.1) is 0 Å². The van der Waals surface area contributed by atoms with Gasteiger partial charge in [0, 0.05) is 25.2 Å². The molecule has 4 rings (SSSR count). The first-order chi connectivity index (χ1) is 13.6. The quantitative estimate of drug-likeness (QED) is 0.801. The number of hydrogen-bond donors (Lipinski definition) is 0. The minimum atomic E-state index is -0.293. The molecule has 0 aromatic heterocycles. The van der Waals surface area contributed by atoms with Gasteiger partial charge in [0.25, 0.3) is 5.91 Å². The second-order valence-corrected chi connectivity index (χ2v) is 8.16. The largest absolute Gasteiger partial charge is 0.348 e. The normalized spacial score (nSPS) is 26.5. The summed E-state index contributed by atoms with van der Waals surface area (Å²) in [6.45, 7) is 5.19. The third-order valence-corrected chi connectivity index (χ3v) is 6.15. The SMILES string of the molecule is Cc1ccc(C(=O)N2CCCC(C(=O)N3CCCCC3C3OCCO3)C2)cc1. The highest BCUT2D eigenvalue weighted by atomic mass is 16.7. The van der Waals surface area contributed by atoms with E-state index in [1.807, 2.05) is 41.0 Å². The molecule has 3 aliphatic heterocycles. The van der Waals surface area contributed by atoms with Gasteiger partial charge in [-0.05, 0) is 51.2 Å². The first-order valence-corrected chi connectivity index (χ1v) is 10.5. The standard InChI is InChI=1S/C22H30N2O4/c1-16-7-9-17(10-8-16)20(25)23-11-4-5-18(15-23)21(26)24-12-3-2-6-19(24)22-27-13-14-28-22/h7-10,18-19,22H,2-6,11-15H2,1H3. The maximum atomic E-state index is 13.3. The highest BCUT2D eigenvalue weighted by Crippen LogP contribution is 2.28. The Morgan fingerprint density at radius 2 is 1.71 bits per heavy atom. The minimum absolute atomic E-state index is 0.00641. The van der Waals surface area contributed by atoms with Gasteiger partial charge in [-0.1, -0.05) is 17.7 Å². The highest BCUT2D eigenvalue weighted by molar-refractivity contribution is 5.94. The Balaban J connectivity index is 1.43. The lowest BCUT2D eigenvalue weighted by molar-refractivity contribution is -0.155. The number of piperidine rings is 2. The van der Waals surface area contributed by atoms with Crippen LogP contribution in [0.1, 0.15) is 48.0 Å². The molecular weight excluding hydrogens is 356 g/mol. The molecule has 6 heteroatoms. The molecule has 0 spiro atoms. The summed E-state index contributed by atoms with van der Waals surface area (Å²) in [5.41, 5.74) is 1.83. The van der Waals surface area contributed by atoms with Gasteiger partial charge in [0.1, 0.15) is 0 Å². The molecule has 0 aliphatic carbocycles. The fourth-order valence-corrected chi connectivity index (χ4v) is 4.59. The minimum Gasteiger partial charge on any atom is -0.348 e. The zero-order valence-corrected chi connectivity index (χ0v) is 16.6. The fraction of sp³-hybridized carbons (Fsp3) is 0.636. The molecule has 0 saturated carbocycles. The lowest BCUT2D eigenvalue weighted by Crippen LogP contribution is -2.54. The number of amides is 2. The molecule has 0 N–H and O–H groups in total. The number of carbonyl (C=O) groups excluding carboxylic acids is 2. The van der Waals surface area contributed by atoms with E-state index in [0.717, 1.165) is 50.8 Å². The van der Waals surface area contributed by atoms with E-state index in [-0.39, 0.29) is 30.1 Å². The number of aryl methyl sites for hydroxylation is 1. The molecule has 2 atom stereocenters. The average molecular weight is 386 g/mol. The Hall–Kier alpha value is -1.92. The smallest absolute Gasteiger partial charge is 0.253 e. The van der Waals surface area contributed by atoms with Crippen molar-refractivity contribution in [3.63, 3.8) is 0 Å². The fourth-order valence-electron chi connectivity index (χ4n) is 4.59. The van der Waals surface area contributed by atoms with Crippen LogP contribution < -0.4 is 0 Å². The molecule has 28 heavy (non-hydrogen) atoms. The monoisotopic (exact) mass is 386 g/mol. The van der Waals surface area contributed by atoms with Gasteiger partial charge in [-0.2, -0.15) is 0 Å². The summed E-state index contributed by atoms with van der Waals surface area (Å²) in [6.07, 6.45) is 4.45. The van der Waals surface area contributed by atoms with Gasteiger partial charge in [0.15, 0.2) is 6.29 Å². The number of carbonyl (C=O) groups is 2. The zero-order valence-electron chi connectivity index (χ0n) is 16.6. The number of benzene rings is 1. The summed E-state index contributed by atoms with van der Waals surface area (Å²) in [4.78, 5) is 30.1. The first kappa shape index (κ1) is 19.4. The van der Waals surface area contributed by atoms with Crippen LogP contribution in [0.15, 0.2) is 24.3 Å². The maximum Gasteiger partial charge on any atom is 0.253 e. The Morgan fingerprint density at radius 1 is 0.964 bits per heavy atom. The van der Waals surface area contributed by atoms with E-state index < -0.39 is 0 Å². The van der Waals surface area contributed by atoms with E-state index >= 15 is 0 Å². The summed E-state index contributed by atoms with van der Waals surface area (Å²) in [6, 6.07) is 7.67. The molecule has 3 saturated heterocycles. The first-order valence-electron chi connectivity index (χ1n) is 10.5. The molecule has 1 aromatic rings. The van der Waals surface area contributed by atoms with Crippen LogP contribution in [0.25, 0.3) is 0 Å². The van der Waals surface area contributed by atoms with Crippen molar-refractivity contribution >= 4 is 11.8 Å². The van der Waals surface area contributed by atoms with Crippen LogP contribution >= 0.6 is 0 Å². The van der Waals surface area contributed by atoms with E-state index in [4.69, 9.17) is 9.47 Å². The second kappa shape index (κ2) is 8.62. The Morgan fingerprint density at radius 3 is 2.46 bits per heavy atom. The molecule has 1 aromatic carbocycles. The van der Waals surface area contributed by atoms with Crippen molar-refractivity contribution in [2.45, 2.75) is 51.4 Å². The number of nitrogens with zero attached hydrogens (tertiary/aromatic N) is 2. The van der Waals surface area contributed by atoms with E-state index in [1.165, 1.54) is 0 Å². The van der Waals surface area contributed by atoms with E-state index in [0.29, 0.717) is 25.3 Å². The number of likely N-dealkylation sites (tertiary alicyclic amines) is 2. The number of rotatable bonds is 3. The molecule has 0 bridgehead atoms. The van der Waals surface area contributed by atoms with Crippen LogP contribution in [-0.2, 0) is 14.3 Å². The Kier molecular flexibility index (Phi) is 5.97. The summed E-state index contributed by atoms with van der Waals surface area (Å²) >= 11 is 0. The van der Waals surface area contributed by atoms with Crippen LogP contribution in [0.2, 0.25) is 0 Å². The van der Waals surface area contributed by atoms with Crippen molar-refractivity contribution in [1.29, 1.82) is 0 Å². The van der Waals surface area contributed by atoms with E-state index in [2.05, 4.69) is 0 Å². The molecule has 0 radical (unpaired) electrons. The summed E-state index contributed by atoms with van der Waals surface area (Å²) < 4.78 is 11.4. The zero-order chi connectivity index (χ0) is 19.5. The van der Waals surface area contributed by atoms with Crippen LogP contribution in [-0.4, -0.2) is 66.8 Å². The highest BCUT2D eigenvalue weighted by Gasteiger charge is 2.40. The molecule has 3 heterocycles. The number of hydrogen-bond acceptors (Lipinski definition) is 4. The van der Waals surface area contributed by atoms with Gasteiger partial charge < -0.3 is 19.3 Å². The van der Waals surface area contributed by atoms with Crippen molar-refractivity contribution in [3.8, 4) is 0 Å². The van der Waals surface area contributed by atoms with E-state index in [9.17, 15) is 9.59 Å². The Labute approximate surface area is 166 Å². The summed E-state index contributed by atoms with van der Waals surface area (Å²) in [5.74, 6) is 0.0468. The molecule has 3 aliphatic rings. The molecular formula is C22H30N2O4. The third kappa shape index (κ3) is 4.08. The molecule has 2 amide bonds. The maximum absolute atomic E-state index is 13.3. The van der Waals surface area contributed by atoms with Crippen LogP contribution in [0.4, 0.5) is 0 Å². The van der Waals surface area contributed by atoms with Gasteiger partial charge in [-0.3, -0.25) is 9.59 Å². The Bertz CT molecular complexity index is 699. The van der Waals surface area contributed by atoms with Crippen molar-refractivity contribution in [2.75, 3.05) is 32.8 Å². The van der Waals surface area contributed by atoms with Crippen molar-refractivity contribution in [2.24, 2.45) is 5.92 Å². The van der Waals surface area contributed by atoms with Gasteiger partial charge in [0.2, 0.25) is 5.91 Å². The lowest BCUT2D eigenvalue weighted by Gasteiger charge is -2.41. The summed E-state index contributed by atoms with van der Waals surface area (Å²) in [5, 5.41) is 0. The predicted molar refractivity (Wildman–Crippen MR) is 105 cm³/mol. The molecule has 152 valence electrons. The van der Waals surface area contributed by atoms with Gasteiger partial charge in [-0.25, -0.2) is 0 Å². The van der Waals surface area contributed by atoms with Crippen LogP contribution in [0, 0.1) is 12.8 Å². The molecule has 2 unspecified atom stereocenters. The topological polar surface area (TPSA) is 59.1 Å². The number of ether oxygens (including phenoxy) is 2. The van der Waals surface area contributed by atoms with Crippen LogP contribution in [0.5, 0.6) is 0 Å². The van der Waals surface area contributed by atoms with Gasteiger partial charge in [0.05, 0.1) is 25.2 Å². The predicted octanol–water partition coefficient (Wildman–Crippen LogP) is 2.60. The average Bonchev–Trinajstić information content (AvgIpc) is 3.28. The second-order valence-electron chi connectivity index (χ2n) is 8.16.